The molecule has 0 aromatic heterocycles. The van der Waals surface area contributed by atoms with Crippen LogP contribution in [0.3, 0.4) is 0 Å². The molecule has 190 valence electrons. The fraction of sp³-hybridized carbons (Fsp3) is 1.00. The Kier molecular flexibility index (Phi) is 24.3. The van der Waals surface area contributed by atoms with Crippen molar-refractivity contribution in [1.29, 1.82) is 0 Å². The van der Waals surface area contributed by atoms with Crippen LogP contribution in [0.25, 0.3) is 0 Å². The zero-order chi connectivity index (χ0) is 24.0. The molecule has 0 unspecified atom stereocenters. The number of hydrogen-bond acceptors (Lipinski definition) is 2. The third-order valence-electron chi connectivity index (χ3n) is 5.25. The van der Waals surface area contributed by atoms with Gasteiger partial charge in [0.15, 0.2) is 16.6 Å². The second kappa shape index (κ2) is 22.4. The van der Waals surface area contributed by atoms with E-state index in [1.165, 1.54) is 109 Å². The number of hydrogen-bond donors (Lipinski definition) is 0. The molecular weight excluding hydrogens is 429 g/mol. The van der Waals surface area contributed by atoms with Gasteiger partial charge in [-0.05, 0) is 45.8 Å². The summed E-state index contributed by atoms with van der Waals surface area (Å²) in [6.07, 6.45) is 24.9. The van der Waals surface area contributed by atoms with Crippen LogP contribution in [0.4, 0.5) is 0 Å². The van der Waals surface area contributed by atoms with Gasteiger partial charge in [0.2, 0.25) is 0 Å². The lowest BCUT2D eigenvalue weighted by molar-refractivity contribution is 0.428. The van der Waals surface area contributed by atoms with Crippen LogP contribution in [0, 0.1) is 0 Å². The highest BCUT2D eigenvalue weighted by Gasteiger charge is 2.24. The maximum Gasteiger partial charge on any atom is 0.297 e. The Bertz CT molecular complexity index is 320. The molecule has 0 aliphatic carbocycles. The van der Waals surface area contributed by atoms with E-state index in [0.29, 0.717) is 0 Å². The molecule has 0 spiro atoms. The molecule has 0 amide bonds. The van der Waals surface area contributed by atoms with Crippen LogP contribution in [0.15, 0.2) is 0 Å². The van der Waals surface area contributed by atoms with Gasteiger partial charge in [0.1, 0.15) is 0 Å². The molecule has 0 fully saturated rings. The van der Waals surface area contributed by atoms with Crippen molar-refractivity contribution < 1.29 is 8.23 Å². The zero-order valence-corrected chi connectivity index (χ0v) is 26.6. The molecule has 0 aliphatic rings. The maximum atomic E-state index is 5.90. The fourth-order valence-corrected chi connectivity index (χ4v) is 12.4. The summed E-state index contributed by atoms with van der Waals surface area (Å²) >= 11 is 0. The topological polar surface area (TPSA) is 18.5 Å². The van der Waals surface area contributed by atoms with Crippen LogP contribution in [-0.4, -0.2) is 25.9 Å². The van der Waals surface area contributed by atoms with E-state index in [4.69, 9.17) is 8.23 Å². The Balaban J connectivity index is 0. The first-order valence-corrected chi connectivity index (χ1v) is 22.8. The molecular formula is C26H62O2Si3. The Morgan fingerprint density at radius 1 is 0.419 bits per heavy atom. The molecule has 0 aromatic rings. The number of unbranched alkanes of at least 4 members (excludes halogenated alkanes) is 16. The zero-order valence-electron chi connectivity index (χ0n) is 23.4. The second-order valence-corrected chi connectivity index (χ2v) is 22.8. The Morgan fingerprint density at radius 2 is 0.613 bits per heavy atom. The van der Waals surface area contributed by atoms with Gasteiger partial charge < -0.3 is 8.23 Å². The molecule has 0 bridgehead atoms. The molecule has 0 rings (SSSR count). The summed E-state index contributed by atoms with van der Waals surface area (Å²) in [7, 11) is -4.05. The van der Waals surface area contributed by atoms with E-state index in [1.807, 2.05) is 0 Å². The molecule has 0 atom stereocenters. The van der Waals surface area contributed by atoms with E-state index in [1.54, 1.807) is 0 Å². The quantitative estimate of drug-likeness (QED) is 0.125. The molecule has 0 saturated heterocycles. The van der Waals surface area contributed by atoms with Gasteiger partial charge in [0.25, 0.3) is 9.28 Å². The molecule has 0 heterocycles. The first kappa shape index (κ1) is 33.7. The van der Waals surface area contributed by atoms with Gasteiger partial charge >= 0.3 is 0 Å². The van der Waals surface area contributed by atoms with Crippen LogP contribution in [0.2, 0.25) is 45.8 Å². The lowest BCUT2D eigenvalue weighted by atomic mass is 10.0. The van der Waals surface area contributed by atoms with Gasteiger partial charge in [0, 0.05) is 0 Å². The van der Waals surface area contributed by atoms with Gasteiger partial charge in [-0.25, -0.2) is 0 Å². The third-order valence-corrected chi connectivity index (χ3v) is 13.6. The van der Waals surface area contributed by atoms with E-state index in [-0.39, 0.29) is 0 Å². The summed E-state index contributed by atoms with van der Waals surface area (Å²) in [5.74, 6) is 0. The van der Waals surface area contributed by atoms with E-state index in [9.17, 15) is 0 Å². The minimum Gasteiger partial charge on any atom is -0.439 e. The average molecular weight is 491 g/mol. The first-order chi connectivity index (χ1) is 14.5. The number of rotatable bonds is 20. The Morgan fingerprint density at radius 3 is 0.774 bits per heavy atom. The van der Waals surface area contributed by atoms with Crippen LogP contribution in [-0.2, 0) is 8.23 Å². The molecule has 5 heteroatoms. The summed E-state index contributed by atoms with van der Waals surface area (Å²) < 4.78 is 11.8. The summed E-state index contributed by atoms with van der Waals surface area (Å²) in [5.41, 5.74) is 0. The summed E-state index contributed by atoms with van der Waals surface area (Å²) in [4.78, 5) is 0. The van der Waals surface area contributed by atoms with E-state index < -0.39 is 25.9 Å². The molecule has 0 saturated carbocycles. The maximum absolute atomic E-state index is 5.90. The van der Waals surface area contributed by atoms with Crippen molar-refractivity contribution in [3.63, 3.8) is 0 Å². The molecule has 0 N–H and O–H groups in total. The van der Waals surface area contributed by atoms with Gasteiger partial charge in [-0.3, -0.25) is 0 Å². The SMILES string of the molecule is CCCCCCCCCCCCCCCCCCC.C[SiH](O[Si](C)(C)C)O[Si](C)(C)C. The van der Waals surface area contributed by atoms with Gasteiger partial charge in [-0.15, -0.1) is 0 Å². The predicted octanol–water partition coefficient (Wildman–Crippen LogP) is 10.2. The monoisotopic (exact) mass is 490 g/mol. The highest BCUT2D eigenvalue weighted by Crippen LogP contribution is 2.14. The Hall–Kier alpha value is 0.571. The Labute approximate surface area is 202 Å². The van der Waals surface area contributed by atoms with Crippen molar-refractivity contribution >= 4 is 25.9 Å². The van der Waals surface area contributed by atoms with E-state index in [2.05, 4.69) is 59.7 Å². The highest BCUT2D eigenvalue weighted by molar-refractivity contribution is 6.80. The van der Waals surface area contributed by atoms with Crippen LogP contribution < -0.4 is 0 Å². The van der Waals surface area contributed by atoms with Crippen molar-refractivity contribution in [1.82, 2.24) is 0 Å². The first-order valence-electron chi connectivity index (χ1n) is 13.9. The summed E-state index contributed by atoms with van der Waals surface area (Å²) in [6, 6.07) is 0. The normalized spacial score (nSPS) is 12.2. The van der Waals surface area contributed by atoms with Gasteiger partial charge in [0.05, 0.1) is 0 Å². The molecule has 0 aromatic carbocycles. The van der Waals surface area contributed by atoms with Crippen molar-refractivity contribution in [3.8, 4) is 0 Å². The molecule has 0 aliphatic heterocycles. The van der Waals surface area contributed by atoms with Crippen molar-refractivity contribution in [2.75, 3.05) is 0 Å². The van der Waals surface area contributed by atoms with Crippen molar-refractivity contribution in [2.24, 2.45) is 0 Å². The third kappa shape index (κ3) is 35.3. The van der Waals surface area contributed by atoms with E-state index >= 15 is 0 Å². The second-order valence-electron chi connectivity index (χ2n) is 11.3. The van der Waals surface area contributed by atoms with Crippen molar-refractivity contribution in [3.05, 3.63) is 0 Å². The van der Waals surface area contributed by atoms with Crippen LogP contribution >= 0.6 is 0 Å². The molecule has 0 radical (unpaired) electrons. The molecule has 2 nitrogen and oxygen atoms in total. The average Bonchev–Trinajstić information content (AvgIpc) is 2.62. The predicted molar refractivity (Wildman–Crippen MR) is 152 cm³/mol. The summed E-state index contributed by atoms with van der Waals surface area (Å²) in [5, 5.41) is 0. The smallest absolute Gasteiger partial charge is 0.297 e. The molecule has 31 heavy (non-hydrogen) atoms. The van der Waals surface area contributed by atoms with Crippen molar-refractivity contribution in [2.45, 2.75) is 169 Å². The van der Waals surface area contributed by atoms with Gasteiger partial charge in [-0.1, -0.05) is 123 Å². The largest absolute Gasteiger partial charge is 0.439 e. The standard InChI is InChI=1S/C19H40.C7H22O2Si3/c1-3-5-7-9-11-13-15-17-19-18-16-14-12-10-8-6-4-2;1-10(8-11(2,3)4)9-12(5,6)7/h3-19H2,1-2H3;10H,1-7H3. The van der Waals surface area contributed by atoms with Crippen LogP contribution in [0.1, 0.15) is 123 Å². The van der Waals surface area contributed by atoms with Gasteiger partial charge in [-0.2, -0.15) is 0 Å². The minimum absolute atomic E-state index is 1.33. The summed E-state index contributed by atoms with van der Waals surface area (Å²) in [6.45, 7) is 20.0. The lowest BCUT2D eigenvalue weighted by Crippen LogP contribution is -2.41. The highest BCUT2D eigenvalue weighted by atomic mass is 28.4. The fourth-order valence-electron chi connectivity index (χ4n) is 3.82. The lowest BCUT2D eigenvalue weighted by Gasteiger charge is -2.28. The van der Waals surface area contributed by atoms with Crippen LogP contribution in [0.5, 0.6) is 0 Å². The van der Waals surface area contributed by atoms with E-state index in [0.717, 1.165) is 0 Å². The minimum atomic E-state index is -1.36.